The maximum absolute atomic E-state index is 12.0. The third-order valence-electron chi connectivity index (χ3n) is 4.50. The molecular weight excluding hydrogens is 240 g/mol. The lowest BCUT2D eigenvalue weighted by molar-refractivity contribution is -0.120. The first-order valence-corrected chi connectivity index (χ1v) is 7.00. The minimum Gasteiger partial charge on any atom is -0.361 e. The highest BCUT2D eigenvalue weighted by Crippen LogP contribution is 2.42. The Balaban J connectivity index is 1.51. The Hall–Kier alpha value is -1.58. The second-order valence-electron chi connectivity index (χ2n) is 5.82. The Bertz CT molecular complexity index is 499. The fourth-order valence-electron chi connectivity index (χ4n) is 3.35. The lowest BCUT2D eigenvalue weighted by atomic mass is 9.93. The van der Waals surface area contributed by atoms with Gasteiger partial charge in [-0.05, 0) is 44.4 Å². The van der Waals surface area contributed by atoms with E-state index in [0.29, 0.717) is 18.3 Å². The summed E-state index contributed by atoms with van der Waals surface area (Å²) >= 11 is 0. The van der Waals surface area contributed by atoms with Gasteiger partial charge >= 0.3 is 0 Å². The summed E-state index contributed by atoms with van der Waals surface area (Å²) in [5.41, 5.74) is 1.74. The van der Waals surface area contributed by atoms with E-state index in [0.717, 1.165) is 29.5 Å². The van der Waals surface area contributed by atoms with Crippen LogP contribution in [-0.2, 0) is 11.2 Å². The van der Waals surface area contributed by atoms with Gasteiger partial charge in [0.05, 0.1) is 12.1 Å². The van der Waals surface area contributed by atoms with Gasteiger partial charge in [0.2, 0.25) is 5.91 Å². The molecule has 4 heteroatoms. The first-order valence-electron chi connectivity index (χ1n) is 7.00. The number of carbonyl (C=O) groups is 1. The van der Waals surface area contributed by atoms with Crippen LogP contribution in [-0.4, -0.2) is 17.6 Å². The van der Waals surface area contributed by atoms with Gasteiger partial charge in [0.1, 0.15) is 5.76 Å². The number of allylic oxidation sites excluding steroid dienone is 2. The van der Waals surface area contributed by atoms with Gasteiger partial charge in [-0.1, -0.05) is 17.3 Å². The molecule has 4 nitrogen and oxygen atoms in total. The maximum Gasteiger partial charge on any atom is 0.224 e. The zero-order valence-corrected chi connectivity index (χ0v) is 11.5. The number of rotatable bonds is 4. The van der Waals surface area contributed by atoms with Crippen LogP contribution in [0.25, 0.3) is 0 Å². The van der Waals surface area contributed by atoms with E-state index in [1.54, 1.807) is 0 Å². The number of nitrogens with one attached hydrogen (secondary N) is 1. The van der Waals surface area contributed by atoms with E-state index in [2.05, 4.69) is 22.6 Å². The average molecular weight is 260 g/mol. The van der Waals surface area contributed by atoms with Crippen LogP contribution < -0.4 is 5.32 Å². The summed E-state index contributed by atoms with van der Waals surface area (Å²) in [6, 6.07) is 0. The Morgan fingerprint density at radius 1 is 1.42 bits per heavy atom. The van der Waals surface area contributed by atoms with Crippen LogP contribution in [0.4, 0.5) is 0 Å². The Labute approximate surface area is 113 Å². The van der Waals surface area contributed by atoms with Gasteiger partial charge in [0.25, 0.3) is 0 Å². The van der Waals surface area contributed by atoms with Crippen molar-refractivity contribution in [3.05, 3.63) is 29.2 Å². The van der Waals surface area contributed by atoms with Crippen molar-refractivity contribution in [2.45, 2.75) is 33.1 Å². The molecule has 1 amide bonds. The molecule has 0 aromatic carbocycles. The fourth-order valence-corrected chi connectivity index (χ4v) is 3.35. The first-order chi connectivity index (χ1) is 9.13. The highest BCUT2D eigenvalue weighted by atomic mass is 16.5. The van der Waals surface area contributed by atoms with Crippen molar-refractivity contribution in [1.29, 1.82) is 0 Å². The van der Waals surface area contributed by atoms with Crippen molar-refractivity contribution >= 4 is 5.91 Å². The van der Waals surface area contributed by atoms with E-state index in [-0.39, 0.29) is 5.91 Å². The molecule has 2 aliphatic carbocycles. The van der Waals surface area contributed by atoms with Crippen LogP contribution >= 0.6 is 0 Å². The van der Waals surface area contributed by atoms with Gasteiger partial charge in [-0.2, -0.15) is 0 Å². The molecule has 2 bridgehead atoms. The van der Waals surface area contributed by atoms with Crippen molar-refractivity contribution in [3.63, 3.8) is 0 Å². The molecule has 0 unspecified atom stereocenters. The molecule has 1 aromatic rings. The second kappa shape index (κ2) is 4.83. The molecule has 3 rings (SSSR count). The molecule has 1 saturated carbocycles. The van der Waals surface area contributed by atoms with Crippen molar-refractivity contribution < 1.29 is 9.32 Å². The van der Waals surface area contributed by atoms with E-state index < -0.39 is 0 Å². The van der Waals surface area contributed by atoms with Crippen LogP contribution in [0.5, 0.6) is 0 Å². The summed E-state index contributed by atoms with van der Waals surface area (Å²) < 4.78 is 5.08. The van der Waals surface area contributed by atoms with E-state index in [4.69, 9.17) is 4.52 Å². The molecule has 0 spiro atoms. The van der Waals surface area contributed by atoms with Crippen LogP contribution in [0, 0.1) is 31.6 Å². The molecule has 1 N–H and O–H groups in total. The minimum absolute atomic E-state index is 0.0705. The molecule has 0 saturated heterocycles. The third kappa shape index (κ3) is 2.44. The normalized spacial score (nSPS) is 28.0. The minimum atomic E-state index is 0.0705. The molecule has 1 heterocycles. The lowest BCUT2D eigenvalue weighted by Gasteiger charge is -2.18. The van der Waals surface area contributed by atoms with Crippen LogP contribution in [0.15, 0.2) is 16.7 Å². The summed E-state index contributed by atoms with van der Waals surface area (Å²) in [5.74, 6) is 2.89. The molecule has 2 aliphatic rings. The summed E-state index contributed by atoms with van der Waals surface area (Å²) in [6.45, 7) is 4.52. The number of amides is 1. The van der Waals surface area contributed by atoms with Gasteiger partial charge < -0.3 is 9.84 Å². The Morgan fingerprint density at radius 2 is 2.26 bits per heavy atom. The zero-order chi connectivity index (χ0) is 13.4. The van der Waals surface area contributed by atoms with E-state index in [1.165, 1.54) is 12.8 Å². The molecule has 0 radical (unpaired) electrons. The highest BCUT2D eigenvalue weighted by molar-refractivity contribution is 5.79. The number of hydrogen-bond donors (Lipinski definition) is 1. The van der Waals surface area contributed by atoms with Gasteiger partial charge in [0, 0.05) is 12.1 Å². The summed E-state index contributed by atoms with van der Waals surface area (Å²) in [5, 5.41) is 6.93. The smallest absolute Gasteiger partial charge is 0.224 e. The van der Waals surface area contributed by atoms with Crippen molar-refractivity contribution in [3.8, 4) is 0 Å². The lowest BCUT2D eigenvalue weighted by Crippen LogP contribution is -2.32. The van der Waals surface area contributed by atoms with Crippen molar-refractivity contribution in [2.75, 3.05) is 6.54 Å². The van der Waals surface area contributed by atoms with Crippen molar-refractivity contribution in [2.24, 2.45) is 17.8 Å². The number of fused-ring (bicyclic) bond motifs is 2. The van der Waals surface area contributed by atoms with Crippen molar-refractivity contribution in [1.82, 2.24) is 10.5 Å². The fraction of sp³-hybridized carbons (Fsp3) is 0.600. The van der Waals surface area contributed by atoms with E-state index in [9.17, 15) is 4.79 Å². The number of nitrogens with zero attached hydrogens (tertiary/aromatic N) is 1. The molecule has 19 heavy (non-hydrogen) atoms. The second-order valence-corrected chi connectivity index (χ2v) is 5.82. The summed E-state index contributed by atoms with van der Waals surface area (Å²) in [6.07, 6.45) is 7.53. The van der Waals surface area contributed by atoms with Crippen LogP contribution in [0.3, 0.4) is 0 Å². The molecule has 102 valence electrons. The third-order valence-corrected chi connectivity index (χ3v) is 4.50. The van der Waals surface area contributed by atoms with Gasteiger partial charge in [-0.3, -0.25) is 4.79 Å². The predicted molar refractivity (Wildman–Crippen MR) is 71.5 cm³/mol. The maximum atomic E-state index is 12.0. The predicted octanol–water partition coefficient (Wildman–Crippen LogP) is 2.16. The molecular formula is C15H20N2O2. The van der Waals surface area contributed by atoms with Gasteiger partial charge in [-0.25, -0.2) is 0 Å². The molecule has 1 fully saturated rings. The molecule has 0 aliphatic heterocycles. The monoisotopic (exact) mass is 260 g/mol. The molecule has 1 aromatic heterocycles. The Kier molecular flexibility index (Phi) is 3.17. The number of hydrogen-bond acceptors (Lipinski definition) is 3. The van der Waals surface area contributed by atoms with Crippen LogP contribution in [0.1, 0.15) is 29.9 Å². The zero-order valence-electron chi connectivity index (χ0n) is 11.5. The summed E-state index contributed by atoms with van der Waals surface area (Å²) in [4.78, 5) is 12.0. The van der Waals surface area contributed by atoms with E-state index in [1.807, 2.05) is 13.8 Å². The highest BCUT2D eigenvalue weighted by Gasteiger charge is 2.35. The van der Waals surface area contributed by atoms with Gasteiger partial charge in [0.15, 0.2) is 0 Å². The Morgan fingerprint density at radius 3 is 2.84 bits per heavy atom. The number of carbonyl (C=O) groups excluding carboxylic acids is 1. The largest absolute Gasteiger partial charge is 0.361 e. The molecule has 3 atom stereocenters. The average Bonchev–Trinajstić information content (AvgIpc) is 3.08. The van der Waals surface area contributed by atoms with Gasteiger partial charge in [-0.15, -0.1) is 0 Å². The SMILES string of the molecule is Cc1noc(C)c1CC(=O)NC[C@H]1C[C@@H]2C=C[C@H]1C2. The topological polar surface area (TPSA) is 55.1 Å². The quantitative estimate of drug-likeness (QED) is 0.844. The van der Waals surface area contributed by atoms with Crippen LogP contribution in [0.2, 0.25) is 0 Å². The standard InChI is InChI=1S/C15H20N2O2/c1-9-14(10(2)19-17-9)7-15(18)16-8-13-6-11-3-4-12(13)5-11/h3-4,11-13H,5-8H2,1-2H3,(H,16,18)/t11-,12+,13-/m1/s1. The number of aryl methyl sites for hydroxylation is 2. The summed E-state index contributed by atoms with van der Waals surface area (Å²) in [7, 11) is 0. The van der Waals surface area contributed by atoms with E-state index >= 15 is 0 Å². The first kappa shape index (κ1) is 12.5. The number of aromatic nitrogens is 1.